The fraction of sp³-hybridized carbons (Fsp3) is 0.225. The van der Waals surface area contributed by atoms with Gasteiger partial charge >= 0.3 is 0 Å². The van der Waals surface area contributed by atoms with E-state index in [1.165, 1.54) is 55.0 Å². The summed E-state index contributed by atoms with van der Waals surface area (Å²) in [7, 11) is 0. The Bertz CT molecular complexity index is 2150. The first-order valence-electron chi connectivity index (χ1n) is 15.5. The Balaban J connectivity index is 1.15. The Morgan fingerprint density at radius 3 is 2.42 bits per heavy atom. The van der Waals surface area contributed by atoms with Crippen LogP contribution in [-0.2, 0) is 17.4 Å². The molecular formula is C40H35N3. The van der Waals surface area contributed by atoms with Gasteiger partial charge in [0.05, 0.1) is 5.92 Å². The molecule has 3 nitrogen and oxygen atoms in total. The van der Waals surface area contributed by atoms with Crippen molar-refractivity contribution in [3.63, 3.8) is 0 Å². The summed E-state index contributed by atoms with van der Waals surface area (Å²) in [5.74, 6) is 0.643. The molecule has 3 aliphatic carbocycles. The number of hydrogen-bond donors (Lipinski definition) is 0. The minimum atomic E-state index is -0.0542. The first-order chi connectivity index (χ1) is 20.9. The zero-order valence-corrected chi connectivity index (χ0v) is 24.9. The first-order valence-corrected chi connectivity index (χ1v) is 15.5. The van der Waals surface area contributed by atoms with Gasteiger partial charge in [0.1, 0.15) is 0 Å². The lowest BCUT2D eigenvalue weighted by Gasteiger charge is -2.36. The van der Waals surface area contributed by atoms with Crippen LogP contribution in [0.5, 0.6) is 0 Å². The topological polar surface area (TPSA) is 22.0 Å². The van der Waals surface area contributed by atoms with Crippen molar-refractivity contribution in [2.24, 2.45) is 11.8 Å². The number of para-hydroxylation sites is 1. The maximum absolute atomic E-state index is 5.50. The molecule has 4 unspecified atom stereocenters. The highest BCUT2D eigenvalue weighted by Gasteiger charge is 2.51. The molecule has 3 heteroatoms. The van der Waals surface area contributed by atoms with Gasteiger partial charge in [-0.1, -0.05) is 118 Å². The van der Waals surface area contributed by atoms with Crippen LogP contribution < -0.4 is 0 Å². The third-order valence-corrected chi connectivity index (χ3v) is 10.7. The Labute approximate surface area is 252 Å². The highest BCUT2D eigenvalue weighted by atomic mass is 15.5. The Morgan fingerprint density at radius 1 is 0.744 bits per heavy atom. The lowest BCUT2D eigenvalue weighted by Crippen LogP contribution is -2.34. The van der Waals surface area contributed by atoms with E-state index >= 15 is 0 Å². The first kappa shape index (κ1) is 24.9. The average molecular weight is 558 g/mol. The van der Waals surface area contributed by atoms with Crippen LogP contribution in [0, 0.1) is 11.8 Å². The fourth-order valence-corrected chi connectivity index (χ4v) is 8.67. The molecule has 210 valence electrons. The summed E-state index contributed by atoms with van der Waals surface area (Å²) in [5, 5.41) is 5.11. The zero-order chi connectivity index (χ0) is 28.9. The van der Waals surface area contributed by atoms with Crippen LogP contribution in [0.15, 0.2) is 127 Å². The minimum Gasteiger partial charge on any atom is -0.414 e. The van der Waals surface area contributed by atoms with E-state index in [1.807, 2.05) is 0 Å². The van der Waals surface area contributed by atoms with Crippen molar-refractivity contribution in [3.8, 4) is 0 Å². The van der Waals surface area contributed by atoms with Crippen LogP contribution in [0.3, 0.4) is 0 Å². The third kappa shape index (κ3) is 3.39. The van der Waals surface area contributed by atoms with Gasteiger partial charge < -0.3 is 9.99 Å². The third-order valence-electron chi connectivity index (χ3n) is 10.7. The standard InChI is InChI=1S/C40H35N3/c1-39(2)32-20-19-26(22-33(32)40(3)21-11-10-18-37(39)40)25-42-34-16-8-7-15-30(34)38(41-42)43-35-17-9-6-14-29(35)31-23-27-12-4-5-13-28(27)24-36(31)43/h4-24,30,37-38H,25H2,1-3H3. The van der Waals surface area contributed by atoms with Gasteiger partial charge in [0.25, 0.3) is 0 Å². The summed E-state index contributed by atoms with van der Waals surface area (Å²) in [4.78, 5) is 0. The molecule has 2 heterocycles. The molecule has 4 atom stereocenters. The van der Waals surface area contributed by atoms with E-state index in [0.29, 0.717) is 5.92 Å². The van der Waals surface area contributed by atoms with Crippen LogP contribution in [0.4, 0.5) is 0 Å². The number of allylic oxidation sites excluding steroid dienone is 7. The highest BCUT2D eigenvalue weighted by Crippen LogP contribution is 2.56. The molecule has 0 amide bonds. The summed E-state index contributed by atoms with van der Waals surface area (Å²) < 4.78 is 4.76. The van der Waals surface area contributed by atoms with Crippen molar-refractivity contribution in [2.45, 2.75) is 44.3 Å². The summed E-state index contributed by atoms with van der Waals surface area (Å²) in [6.45, 7) is 7.98. The van der Waals surface area contributed by atoms with Gasteiger partial charge in [0.15, 0.2) is 12.3 Å². The maximum Gasteiger partial charge on any atom is 0.179 e. The van der Waals surface area contributed by atoms with Gasteiger partial charge in [-0.2, -0.15) is 0 Å². The quantitative estimate of drug-likeness (QED) is 0.197. The number of aromatic nitrogens is 1. The highest BCUT2D eigenvalue weighted by molar-refractivity contribution is 6.13. The largest absolute Gasteiger partial charge is 0.414 e. The summed E-state index contributed by atoms with van der Waals surface area (Å²) in [6.07, 6.45) is 18.2. The van der Waals surface area contributed by atoms with E-state index in [4.69, 9.17) is 5.43 Å². The minimum absolute atomic E-state index is 0.0170. The van der Waals surface area contributed by atoms with E-state index in [0.717, 1.165) is 6.54 Å². The molecule has 4 aliphatic rings. The van der Waals surface area contributed by atoms with Crippen molar-refractivity contribution >= 4 is 38.3 Å². The predicted octanol–water partition coefficient (Wildman–Crippen LogP) is 9.44. The molecule has 1 aliphatic heterocycles. The Hall–Kier alpha value is -4.63. The lowest BCUT2D eigenvalue weighted by atomic mass is 9.67. The molecule has 0 N–H and O–H groups in total. The van der Waals surface area contributed by atoms with E-state index < -0.39 is 0 Å². The van der Waals surface area contributed by atoms with E-state index in [1.54, 1.807) is 0 Å². The van der Waals surface area contributed by atoms with Crippen molar-refractivity contribution in [1.82, 2.24) is 4.57 Å². The molecule has 0 saturated carbocycles. The summed E-state index contributed by atoms with van der Waals surface area (Å²) in [5.41, 5.74) is 13.6. The number of hydrogen-bond acceptors (Lipinski definition) is 0. The molecule has 5 aromatic rings. The van der Waals surface area contributed by atoms with Gasteiger partial charge in [-0.15, -0.1) is 0 Å². The molecule has 9 rings (SSSR count). The smallest absolute Gasteiger partial charge is 0.179 e. The molecular weight excluding hydrogens is 522 g/mol. The van der Waals surface area contributed by atoms with E-state index in [2.05, 4.69) is 157 Å². The Kier molecular flexibility index (Phi) is 5.04. The SMILES string of the molecule is CC1(C)c2ccc(C[N+]3=C4C=CC=CC4C(n4c5ccccc5c5cc6ccccc6cc54)[N-]3)cc2C2(C)C=CC=CC12. The van der Waals surface area contributed by atoms with Gasteiger partial charge in [-0.25, -0.2) is 0 Å². The average Bonchev–Trinajstić information content (AvgIpc) is 3.60. The molecule has 0 fully saturated rings. The molecule has 4 aromatic carbocycles. The van der Waals surface area contributed by atoms with Crippen LogP contribution in [-0.4, -0.2) is 15.0 Å². The molecule has 0 saturated heterocycles. The molecule has 0 spiro atoms. The normalized spacial score (nSPS) is 26.3. The number of benzene rings is 4. The number of fused-ring (bicyclic) bond motifs is 8. The van der Waals surface area contributed by atoms with Crippen LogP contribution in [0.2, 0.25) is 0 Å². The van der Waals surface area contributed by atoms with Crippen LogP contribution in [0.1, 0.15) is 43.6 Å². The molecule has 1 aromatic heterocycles. The van der Waals surface area contributed by atoms with Gasteiger partial charge in [-0.3, -0.25) is 4.68 Å². The summed E-state index contributed by atoms with van der Waals surface area (Å²) in [6, 6.07) is 29.4. The lowest BCUT2D eigenvalue weighted by molar-refractivity contribution is -0.492. The van der Waals surface area contributed by atoms with Crippen molar-refractivity contribution < 1.29 is 4.68 Å². The Morgan fingerprint density at radius 2 is 1.53 bits per heavy atom. The second-order valence-electron chi connectivity index (χ2n) is 13.5. The number of rotatable bonds is 3. The van der Waals surface area contributed by atoms with Gasteiger partial charge in [0.2, 0.25) is 0 Å². The van der Waals surface area contributed by atoms with Crippen LogP contribution >= 0.6 is 0 Å². The van der Waals surface area contributed by atoms with Crippen molar-refractivity contribution in [3.05, 3.63) is 150 Å². The van der Waals surface area contributed by atoms with Gasteiger partial charge in [-0.05, 0) is 57.5 Å². The molecule has 0 radical (unpaired) electrons. The monoisotopic (exact) mass is 557 g/mol. The second-order valence-corrected chi connectivity index (χ2v) is 13.5. The van der Waals surface area contributed by atoms with Gasteiger partial charge in [0, 0.05) is 45.0 Å². The van der Waals surface area contributed by atoms with E-state index in [-0.39, 0.29) is 22.9 Å². The predicted molar refractivity (Wildman–Crippen MR) is 179 cm³/mol. The van der Waals surface area contributed by atoms with Crippen molar-refractivity contribution in [2.75, 3.05) is 0 Å². The zero-order valence-electron chi connectivity index (χ0n) is 24.9. The molecule has 0 bridgehead atoms. The van der Waals surface area contributed by atoms with Crippen LogP contribution in [0.25, 0.3) is 38.0 Å². The van der Waals surface area contributed by atoms with Crippen molar-refractivity contribution in [1.29, 1.82) is 0 Å². The van der Waals surface area contributed by atoms with E-state index in [9.17, 15) is 0 Å². The fourth-order valence-electron chi connectivity index (χ4n) is 8.67. The second kappa shape index (κ2) is 8.70. The molecule has 43 heavy (non-hydrogen) atoms. The summed E-state index contributed by atoms with van der Waals surface area (Å²) >= 11 is 0. The maximum atomic E-state index is 5.50. The number of nitrogens with zero attached hydrogens (tertiary/aromatic N) is 3.